The molecule has 1 aromatic heterocycles. The number of amides is 1. The number of nitrogens with zero attached hydrogens (tertiary/aromatic N) is 1. The van der Waals surface area contributed by atoms with E-state index < -0.39 is 6.04 Å². The third kappa shape index (κ3) is 5.91. The Hall–Kier alpha value is -2.87. The second kappa shape index (κ2) is 11.5. The summed E-state index contributed by atoms with van der Waals surface area (Å²) in [5.74, 6) is -0.378. The molecule has 7 nitrogen and oxygen atoms in total. The number of hydrogen-bond donors (Lipinski definition) is 4. The maximum atomic E-state index is 12.5. The second-order valence-electron chi connectivity index (χ2n) is 9.11. The average molecular weight is 531 g/mol. The highest BCUT2D eigenvalue weighted by Gasteiger charge is 2.25. The molecular weight excluding hydrogens is 499 g/mol. The maximum Gasteiger partial charge on any atom is 0.236 e. The third-order valence-electron chi connectivity index (χ3n) is 6.43. The molecule has 0 bridgehead atoms. The molecule has 1 heterocycles. The van der Waals surface area contributed by atoms with Crippen molar-refractivity contribution in [1.29, 1.82) is 0 Å². The van der Waals surface area contributed by atoms with Gasteiger partial charge >= 0.3 is 0 Å². The van der Waals surface area contributed by atoms with Crippen molar-refractivity contribution < 1.29 is 14.7 Å². The largest absolute Gasteiger partial charge is 0.505 e. The molecule has 9 heteroatoms. The lowest BCUT2D eigenvalue weighted by Gasteiger charge is -2.31. The van der Waals surface area contributed by atoms with Crippen LogP contribution in [0.15, 0.2) is 36.5 Å². The van der Waals surface area contributed by atoms with Crippen molar-refractivity contribution in [3.63, 3.8) is 0 Å². The molecule has 36 heavy (non-hydrogen) atoms. The quantitative estimate of drug-likeness (QED) is 0.293. The minimum absolute atomic E-state index is 0. The van der Waals surface area contributed by atoms with Crippen LogP contribution in [0, 0.1) is 0 Å². The van der Waals surface area contributed by atoms with Gasteiger partial charge in [0.05, 0.1) is 32.9 Å². The molecule has 1 fully saturated rings. The molecule has 1 aliphatic rings. The number of aromatic hydroxyl groups is 1. The molecule has 2 aromatic carbocycles. The summed E-state index contributed by atoms with van der Waals surface area (Å²) in [6.07, 6.45) is 4.94. The number of pyridine rings is 1. The van der Waals surface area contributed by atoms with E-state index in [1.807, 2.05) is 18.2 Å². The number of nitrogens with one attached hydrogen (secondary N) is 2. The molecule has 192 valence electrons. The molecule has 1 aliphatic carbocycles. The van der Waals surface area contributed by atoms with Crippen LogP contribution in [0.3, 0.4) is 0 Å². The summed E-state index contributed by atoms with van der Waals surface area (Å²) >= 11 is 12.3. The first-order chi connectivity index (χ1) is 16.6. The van der Waals surface area contributed by atoms with Gasteiger partial charge in [-0.25, -0.2) is 0 Å². The molecule has 1 amide bonds. The van der Waals surface area contributed by atoms with E-state index in [0.29, 0.717) is 5.56 Å². The smallest absolute Gasteiger partial charge is 0.236 e. The summed E-state index contributed by atoms with van der Waals surface area (Å²) in [6.45, 7) is 3.20. The molecule has 1 atom stereocenters. The van der Waals surface area contributed by atoms with Crippen molar-refractivity contribution in [3.05, 3.63) is 52.1 Å². The Bertz CT molecular complexity index is 1260. The van der Waals surface area contributed by atoms with Gasteiger partial charge in [-0.2, -0.15) is 0 Å². The van der Waals surface area contributed by atoms with Gasteiger partial charge in [-0.3, -0.25) is 14.6 Å². The zero-order chi connectivity index (χ0) is 25.3. The van der Waals surface area contributed by atoms with E-state index >= 15 is 0 Å². The van der Waals surface area contributed by atoms with Crippen LogP contribution in [0.5, 0.6) is 5.75 Å². The number of carbonyl (C=O) groups is 2. The van der Waals surface area contributed by atoms with Gasteiger partial charge in [-0.1, -0.05) is 36.7 Å². The minimum Gasteiger partial charge on any atom is -0.505 e. The molecule has 0 unspecified atom stereocenters. The normalized spacial score (nSPS) is 18.2. The molecule has 0 spiro atoms. The highest BCUT2D eigenvalue weighted by Crippen LogP contribution is 2.38. The first kappa shape index (κ1) is 27.7. The highest BCUT2D eigenvalue weighted by atomic mass is 35.5. The number of carbonyl (C=O) groups excluding carboxylic acids is 2. The van der Waals surface area contributed by atoms with Gasteiger partial charge in [-0.15, -0.1) is 0 Å². The van der Waals surface area contributed by atoms with E-state index in [4.69, 9.17) is 28.9 Å². The zero-order valence-electron chi connectivity index (χ0n) is 19.6. The Balaban J connectivity index is 0.00000361. The summed E-state index contributed by atoms with van der Waals surface area (Å²) < 4.78 is 0. The van der Waals surface area contributed by atoms with Gasteiger partial charge in [0.1, 0.15) is 0 Å². The predicted molar refractivity (Wildman–Crippen MR) is 147 cm³/mol. The lowest BCUT2D eigenvalue weighted by Crippen LogP contribution is -2.46. The number of Topliss-reactive ketones (excluding diaryl/α,β-unsaturated/α-hetero) is 1. The van der Waals surface area contributed by atoms with Crippen molar-refractivity contribution >= 4 is 51.5 Å². The molecule has 0 saturated heterocycles. The number of phenolic OH excluding ortho intramolecular Hbond substituents is 1. The summed E-state index contributed by atoms with van der Waals surface area (Å²) in [4.78, 5) is 28.9. The van der Waals surface area contributed by atoms with Gasteiger partial charge in [0.25, 0.3) is 0 Å². The number of halogens is 2. The summed E-state index contributed by atoms with van der Waals surface area (Å²) in [6, 6.07) is 8.75. The van der Waals surface area contributed by atoms with Gasteiger partial charge in [0.15, 0.2) is 11.5 Å². The minimum atomic E-state index is -0.528. The van der Waals surface area contributed by atoms with Gasteiger partial charge in [-0.05, 0) is 74.9 Å². The number of ketones is 1. The van der Waals surface area contributed by atoms with Crippen molar-refractivity contribution in [2.24, 2.45) is 5.73 Å². The van der Waals surface area contributed by atoms with E-state index in [1.165, 1.54) is 6.92 Å². The van der Waals surface area contributed by atoms with E-state index in [2.05, 4.69) is 15.6 Å². The fraction of sp³-hybridized carbons (Fsp3) is 0.370. The summed E-state index contributed by atoms with van der Waals surface area (Å²) in [5.41, 5.74) is 9.24. The van der Waals surface area contributed by atoms with Gasteiger partial charge in [0, 0.05) is 23.7 Å². The molecule has 4 rings (SSSR count). The van der Waals surface area contributed by atoms with E-state index in [0.717, 1.165) is 53.4 Å². The SMILES string of the molecule is C.CC(=O)c1cnc2ccc(-c3cc(Cl)c(O)c(Cl)c3)cc2c1NC1CCC(NC(=O)[C@H](C)N)CC1. The summed E-state index contributed by atoms with van der Waals surface area (Å²) in [7, 11) is 0. The van der Waals surface area contributed by atoms with Crippen LogP contribution in [0.25, 0.3) is 22.0 Å². The van der Waals surface area contributed by atoms with Crippen LogP contribution >= 0.6 is 23.2 Å². The van der Waals surface area contributed by atoms with Crippen molar-refractivity contribution in [3.8, 4) is 16.9 Å². The van der Waals surface area contributed by atoms with Crippen molar-refractivity contribution in [1.82, 2.24) is 10.3 Å². The highest BCUT2D eigenvalue weighted by molar-refractivity contribution is 6.37. The number of aromatic nitrogens is 1. The topological polar surface area (TPSA) is 117 Å². The Morgan fingerprint density at radius 1 is 1.06 bits per heavy atom. The van der Waals surface area contributed by atoms with Crippen LogP contribution in [0.2, 0.25) is 10.0 Å². The standard InChI is InChI=1S/C26H28Cl2N4O3.CH4/c1-13(29)26(35)32-18-6-4-17(5-7-18)31-24-19-9-15(16-10-21(27)25(34)22(28)11-16)3-8-23(19)30-12-20(24)14(2)33;/h3,8-13,17-18,34H,4-7,29H2,1-2H3,(H,30,31)(H,32,35);1H4/t13-,17?,18?;/m0./s1. The molecule has 5 N–H and O–H groups in total. The van der Waals surface area contributed by atoms with E-state index in [9.17, 15) is 14.7 Å². The number of phenols is 1. The lowest BCUT2D eigenvalue weighted by atomic mass is 9.90. The van der Waals surface area contributed by atoms with Gasteiger partial charge < -0.3 is 21.5 Å². The third-order valence-corrected chi connectivity index (χ3v) is 7.01. The van der Waals surface area contributed by atoms with Crippen LogP contribution in [-0.2, 0) is 4.79 Å². The molecule has 1 saturated carbocycles. The Labute approximate surface area is 221 Å². The Kier molecular flexibility index (Phi) is 8.82. The van der Waals surface area contributed by atoms with Crippen molar-refractivity contribution in [2.75, 3.05) is 5.32 Å². The fourth-order valence-electron chi connectivity index (χ4n) is 4.45. The molecular formula is C27H32Cl2N4O3. The number of benzene rings is 2. The van der Waals surface area contributed by atoms with Crippen LogP contribution in [0.4, 0.5) is 5.69 Å². The molecule has 3 aromatic rings. The zero-order valence-corrected chi connectivity index (χ0v) is 21.1. The number of hydrogen-bond acceptors (Lipinski definition) is 6. The summed E-state index contributed by atoms with van der Waals surface area (Å²) in [5, 5.41) is 17.6. The Morgan fingerprint density at radius 2 is 1.67 bits per heavy atom. The number of nitrogens with two attached hydrogens (primary N) is 1. The monoisotopic (exact) mass is 530 g/mol. The van der Waals surface area contributed by atoms with Crippen LogP contribution in [-0.4, -0.2) is 39.9 Å². The van der Waals surface area contributed by atoms with E-state index in [1.54, 1.807) is 25.3 Å². The predicted octanol–water partition coefficient (Wildman–Crippen LogP) is 5.94. The van der Waals surface area contributed by atoms with Crippen molar-refractivity contribution in [2.45, 2.75) is 65.1 Å². The fourth-order valence-corrected chi connectivity index (χ4v) is 4.93. The van der Waals surface area contributed by atoms with Gasteiger partial charge in [0.2, 0.25) is 5.91 Å². The maximum absolute atomic E-state index is 12.5. The molecule has 0 aliphatic heterocycles. The second-order valence-corrected chi connectivity index (χ2v) is 9.93. The average Bonchev–Trinajstić information content (AvgIpc) is 2.83. The first-order valence-corrected chi connectivity index (χ1v) is 12.3. The molecule has 0 radical (unpaired) electrons. The number of fused-ring (bicyclic) bond motifs is 1. The Morgan fingerprint density at radius 3 is 2.25 bits per heavy atom. The number of anilines is 1. The van der Waals surface area contributed by atoms with E-state index in [-0.39, 0.29) is 47.0 Å². The lowest BCUT2D eigenvalue weighted by molar-refractivity contribution is -0.122. The number of rotatable bonds is 6. The van der Waals surface area contributed by atoms with Crippen LogP contribution < -0.4 is 16.4 Å². The first-order valence-electron chi connectivity index (χ1n) is 11.6. The van der Waals surface area contributed by atoms with Crippen LogP contribution in [0.1, 0.15) is 57.3 Å².